The van der Waals surface area contributed by atoms with Gasteiger partial charge < -0.3 is 14.6 Å². The van der Waals surface area contributed by atoms with Crippen molar-refractivity contribution in [2.45, 2.75) is 83.3 Å². The average molecular weight is 378 g/mol. The van der Waals surface area contributed by atoms with Crippen LogP contribution < -0.4 is 0 Å². The summed E-state index contributed by atoms with van der Waals surface area (Å²) in [6, 6.07) is 0. The third-order valence-corrected chi connectivity index (χ3v) is 6.77. The molecule has 5 atom stereocenters. The molecule has 4 nitrogen and oxygen atoms in total. The fraction of sp³-hybridized carbons (Fsp3) is 0.947. The molecule has 3 saturated carbocycles. The van der Waals surface area contributed by atoms with Crippen LogP contribution in [0.15, 0.2) is 0 Å². The number of alkyl halides is 3. The fourth-order valence-corrected chi connectivity index (χ4v) is 4.41. The minimum atomic E-state index is -4.73. The van der Waals surface area contributed by atoms with Crippen LogP contribution in [0.2, 0.25) is 0 Å². The summed E-state index contributed by atoms with van der Waals surface area (Å²) in [5, 5.41) is 9.60. The van der Waals surface area contributed by atoms with Crippen molar-refractivity contribution < 1.29 is 32.5 Å². The summed E-state index contributed by atoms with van der Waals surface area (Å²) >= 11 is 0. The van der Waals surface area contributed by atoms with Crippen LogP contribution in [0.4, 0.5) is 13.2 Å². The van der Waals surface area contributed by atoms with E-state index >= 15 is 0 Å². The van der Waals surface area contributed by atoms with Gasteiger partial charge in [-0.3, -0.25) is 4.79 Å². The Morgan fingerprint density at radius 2 is 1.73 bits per heavy atom. The monoisotopic (exact) mass is 378 g/mol. The van der Waals surface area contributed by atoms with Gasteiger partial charge in [0.25, 0.3) is 0 Å². The van der Waals surface area contributed by atoms with E-state index in [9.17, 15) is 23.1 Å². The molecular formula is C19H29F3O4. The Labute approximate surface area is 152 Å². The number of ether oxygens (including phenoxy) is 2. The predicted octanol–water partition coefficient (Wildman–Crippen LogP) is 3.85. The lowest BCUT2D eigenvalue weighted by Crippen LogP contribution is -2.50. The van der Waals surface area contributed by atoms with Gasteiger partial charge in [0.15, 0.2) is 5.60 Å². The van der Waals surface area contributed by atoms with Crippen LogP contribution in [0, 0.1) is 23.2 Å². The van der Waals surface area contributed by atoms with Crippen LogP contribution in [-0.2, 0) is 14.3 Å². The van der Waals surface area contributed by atoms with Crippen molar-refractivity contribution in [1.82, 2.24) is 0 Å². The van der Waals surface area contributed by atoms with Crippen molar-refractivity contribution >= 4 is 5.97 Å². The van der Waals surface area contributed by atoms with E-state index in [4.69, 9.17) is 9.47 Å². The van der Waals surface area contributed by atoms with Crippen LogP contribution in [0.5, 0.6) is 0 Å². The number of carbonyl (C=O) groups is 1. The molecule has 0 spiro atoms. The van der Waals surface area contributed by atoms with Crippen molar-refractivity contribution in [2.24, 2.45) is 23.2 Å². The number of aliphatic hydroxyl groups is 1. The van der Waals surface area contributed by atoms with E-state index in [0.29, 0.717) is 0 Å². The summed E-state index contributed by atoms with van der Waals surface area (Å²) in [5.74, 6) is 0.518. The first kappa shape index (κ1) is 19.9. The molecule has 0 saturated heterocycles. The molecule has 0 aromatic heterocycles. The number of fused-ring (bicyclic) bond motifs is 2. The van der Waals surface area contributed by atoms with Gasteiger partial charge in [-0.2, -0.15) is 13.2 Å². The normalized spacial score (nSPS) is 35.2. The quantitative estimate of drug-likeness (QED) is 0.714. The van der Waals surface area contributed by atoms with Crippen molar-refractivity contribution in [3.63, 3.8) is 0 Å². The molecule has 0 aromatic rings. The zero-order chi connectivity index (χ0) is 19.5. The summed E-state index contributed by atoms with van der Waals surface area (Å²) in [6.07, 6.45) is -0.585. The second-order valence-corrected chi connectivity index (χ2v) is 9.50. The molecule has 2 bridgehead atoms. The molecule has 3 aliphatic carbocycles. The Morgan fingerprint density at radius 3 is 2.19 bits per heavy atom. The summed E-state index contributed by atoms with van der Waals surface area (Å²) in [6.45, 7) is 5.45. The highest BCUT2D eigenvalue weighted by Gasteiger charge is 2.56. The topological polar surface area (TPSA) is 55.8 Å². The van der Waals surface area contributed by atoms with E-state index in [0.717, 1.165) is 39.0 Å². The van der Waals surface area contributed by atoms with Gasteiger partial charge in [-0.15, -0.1) is 0 Å². The van der Waals surface area contributed by atoms with Gasteiger partial charge in [0.1, 0.15) is 6.10 Å². The number of hydrogen-bond donors (Lipinski definition) is 1. The summed E-state index contributed by atoms with van der Waals surface area (Å²) in [5.41, 5.74) is -3.93. The smallest absolute Gasteiger partial charge is 0.419 e. The molecule has 150 valence electrons. The highest BCUT2D eigenvalue weighted by atomic mass is 19.4. The maximum Gasteiger partial charge on any atom is 0.419 e. The molecule has 0 aliphatic heterocycles. The second-order valence-electron chi connectivity index (χ2n) is 9.50. The molecule has 0 amide bonds. The number of rotatable bonds is 6. The van der Waals surface area contributed by atoms with E-state index in [1.165, 1.54) is 0 Å². The van der Waals surface area contributed by atoms with Crippen LogP contribution in [0.25, 0.3) is 0 Å². The molecule has 26 heavy (non-hydrogen) atoms. The molecular weight excluding hydrogens is 349 g/mol. The summed E-state index contributed by atoms with van der Waals surface area (Å²) < 4.78 is 49.8. The molecule has 5 unspecified atom stereocenters. The average Bonchev–Trinajstić information content (AvgIpc) is 2.97. The highest BCUT2D eigenvalue weighted by molar-refractivity contribution is 5.79. The molecule has 3 rings (SSSR count). The summed E-state index contributed by atoms with van der Waals surface area (Å²) in [4.78, 5) is 12.2. The van der Waals surface area contributed by atoms with Crippen LogP contribution in [0.3, 0.4) is 0 Å². The molecule has 3 aliphatic rings. The van der Waals surface area contributed by atoms with Crippen LogP contribution in [-0.4, -0.2) is 41.2 Å². The summed E-state index contributed by atoms with van der Waals surface area (Å²) in [7, 11) is 0. The van der Waals surface area contributed by atoms with E-state index in [1.54, 1.807) is 13.8 Å². The molecule has 3 fully saturated rings. The molecule has 0 radical (unpaired) electrons. The van der Waals surface area contributed by atoms with Gasteiger partial charge in [0.2, 0.25) is 0 Å². The van der Waals surface area contributed by atoms with Crippen LogP contribution in [0.1, 0.15) is 59.8 Å². The van der Waals surface area contributed by atoms with Crippen molar-refractivity contribution in [2.75, 3.05) is 6.61 Å². The van der Waals surface area contributed by atoms with E-state index in [2.05, 4.69) is 0 Å². The first-order valence-corrected chi connectivity index (χ1v) is 9.39. The lowest BCUT2D eigenvalue weighted by atomic mass is 9.77. The maximum atomic E-state index is 12.8. The van der Waals surface area contributed by atoms with Gasteiger partial charge in [-0.25, -0.2) is 0 Å². The first-order chi connectivity index (χ1) is 11.8. The molecule has 7 heteroatoms. The largest absolute Gasteiger partial charge is 0.462 e. The lowest BCUT2D eigenvalue weighted by molar-refractivity contribution is -0.278. The van der Waals surface area contributed by atoms with E-state index < -0.39 is 24.0 Å². The Hall–Kier alpha value is -0.820. The Kier molecular flexibility index (Phi) is 4.67. The zero-order valence-corrected chi connectivity index (χ0v) is 15.9. The maximum absolute atomic E-state index is 12.8. The lowest BCUT2D eigenvalue weighted by Gasteiger charge is -2.40. The number of esters is 1. The van der Waals surface area contributed by atoms with Gasteiger partial charge >= 0.3 is 12.1 Å². The number of carbonyl (C=O) groups excluding carboxylic acids is 1. The number of halogens is 3. The standard InChI is InChI=1S/C19H29F3O4/c1-16(2,25-10-18(4,24)19(20,21)22)13-8-12-7-11(13)9-14(12)26-15(23)17(3)5-6-17/h11-14,24H,5-10H2,1-4H3. The Morgan fingerprint density at radius 1 is 1.12 bits per heavy atom. The van der Waals surface area contributed by atoms with Gasteiger partial charge in [0, 0.05) is 0 Å². The van der Waals surface area contributed by atoms with Crippen molar-refractivity contribution in [1.29, 1.82) is 0 Å². The molecule has 0 aromatic carbocycles. The second kappa shape index (κ2) is 6.09. The fourth-order valence-electron chi connectivity index (χ4n) is 4.41. The van der Waals surface area contributed by atoms with Crippen LogP contribution >= 0.6 is 0 Å². The first-order valence-electron chi connectivity index (χ1n) is 9.39. The SMILES string of the molecule is CC1(C(=O)OC2CC3CC2CC3C(C)(C)OCC(C)(O)C(F)(F)F)CC1. The zero-order valence-electron chi connectivity index (χ0n) is 15.9. The minimum absolute atomic E-state index is 0.0738. The molecule has 1 N–H and O–H groups in total. The Balaban J connectivity index is 1.55. The molecule has 0 heterocycles. The number of hydrogen-bond acceptors (Lipinski definition) is 4. The van der Waals surface area contributed by atoms with Crippen molar-refractivity contribution in [3.05, 3.63) is 0 Å². The van der Waals surface area contributed by atoms with Gasteiger partial charge in [-0.1, -0.05) is 0 Å². The van der Waals surface area contributed by atoms with E-state index in [-0.39, 0.29) is 35.2 Å². The highest BCUT2D eigenvalue weighted by Crippen LogP contribution is 2.55. The Bertz CT molecular complexity index is 566. The van der Waals surface area contributed by atoms with E-state index in [1.807, 2.05) is 6.92 Å². The van der Waals surface area contributed by atoms with Gasteiger partial charge in [-0.05, 0) is 77.6 Å². The third-order valence-electron chi connectivity index (χ3n) is 6.77. The minimum Gasteiger partial charge on any atom is -0.462 e. The third kappa shape index (κ3) is 3.61. The predicted molar refractivity (Wildman–Crippen MR) is 88.3 cm³/mol. The van der Waals surface area contributed by atoms with Gasteiger partial charge in [0.05, 0.1) is 17.6 Å². The van der Waals surface area contributed by atoms with Crippen molar-refractivity contribution in [3.8, 4) is 0 Å².